The van der Waals surface area contributed by atoms with E-state index in [-0.39, 0.29) is 12.1 Å². The summed E-state index contributed by atoms with van der Waals surface area (Å²) in [5.41, 5.74) is 1.01. The van der Waals surface area contributed by atoms with Gasteiger partial charge in [-0.3, -0.25) is 4.79 Å². The molecule has 1 aliphatic heterocycles. The van der Waals surface area contributed by atoms with E-state index in [1.807, 2.05) is 30.3 Å². The van der Waals surface area contributed by atoms with Crippen LogP contribution in [-0.2, 0) is 9.53 Å². The van der Waals surface area contributed by atoms with E-state index in [0.717, 1.165) is 5.56 Å². The molecule has 0 N–H and O–H groups in total. The predicted octanol–water partition coefficient (Wildman–Crippen LogP) is 2.28. The van der Waals surface area contributed by atoms with E-state index < -0.39 is 5.38 Å². The summed E-state index contributed by atoms with van der Waals surface area (Å²) in [7, 11) is 0. The summed E-state index contributed by atoms with van der Waals surface area (Å²) in [5, 5.41) is -0.481. The van der Waals surface area contributed by atoms with E-state index in [1.54, 1.807) is 0 Å². The smallest absolute Gasteiger partial charge is 0.324 e. The Balaban J connectivity index is 2.17. The van der Waals surface area contributed by atoms with Crippen LogP contribution in [0.1, 0.15) is 18.1 Å². The molecule has 0 bridgehead atoms. The Kier molecular flexibility index (Phi) is 2.23. The molecule has 13 heavy (non-hydrogen) atoms. The Morgan fingerprint density at radius 3 is 2.54 bits per heavy atom. The van der Waals surface area contributed by atoms with Gasteiger partial charge in [0.2, 0.25) is 0 Å². The molecule has 2 rings (SSSR count). The van der Waals surface area contributed by atoms with Gasteiger partial charge in [-0.25, -0.2) is 0 Å². The van der Waals surface area contributed by atoms with E-state index in [1.165, 1.54) is 0 Å². The topological polar surface area (TPSA) is 26.3 Å². The van der Waals surface area contributed by atoms with Crippen molar-refractivity contribution in [3.63, 3.8) is 0 Å². The molecule has 1 aromatic rings. The standard InChI is InChI=1S/C10H9ClO2/c11-8-6-9(13-10(8)12)7-4-2-1-3-5-7/h1-5,8-9H,6H2/t8-,9+/m0/s1. The van der Waals surface area contributed by atoms with Gasteiger partial charge < -0.3 is 4.74 Å². The number of benzene rings is 1. The van der Waals surface area contributed by atoms with E-state index in [4.69, 9.17) is 16.3 Å². The van der Waals surface area contributed by atoms with Crippen LogP contribution in [0.25, 0.3) is 0 Å². The molecule has 2 nitrogen and oxygen atoms in total. The molecule has 1 heterocycles. The van der Waals surface area contributed by atoms with Gasteiger partial charge in [0.15, 0.2) is 0 Å². The van der Waals surface area contributed by atoms with Crippen LogP contribution in [0, 0.1) is 0 Å². The fraction of sp³-hybridized carbons (Fsp3) is 0.300. The molecular formula is C10H9ClO2. The fourth-order valence-corrected chi connectivity index (χ4v) is 1.63. The number of hydrogen-bond acceptors (Lipinski definition) is 2. The molecule has 1 aliphatic rings. The zero-order chi connectivity index (χ0) is 9.26. The molecule has 1 fully saturated rings. The Labute approximate surface area is 81.5 Å². The highest BCUT2D eigenvalue weighted by Crippen LogP contribution is 2.31. The molecular weight excluding hydrogens is 188 g/mol. The number of cyclic esters (lactones) is 1. The predicted molar refractivity (Wildman–Crippen MR) is 49.5 cm³/mol. The second kappa shape index (κ2) is 3.38. The first-order chi connectivity index (χ1) is 6.27. The second-order valence-electron chi connectivity index (χ2n) is 3.04. The third-order valence-electron chi connectivity index (χ3n) is 2.11. The Morgan fingerprint density at radius 2 is 2.00 bits per heavy atom. The molecule has 0 unspecified atom stereocenters. The van der Waals surface area contributed by atoms with E-state index in [0.29, 0.717) is 6.42 Å². The maximum atomic E-state index is 11.0. The highest BCUT2D eigenvalue weighted by atomic mass is 35.5. The second-order valence-corrected chi connectivity index (χ2v) is 3.57. The zero-order valence-corrected chi connectivity index (χ0v) is 7.70. The molecule has 0 spiro atoms. The van der Waals surface area contributed by atoms with Crippen LogP contribution in [0.2, 0.25) is 0 Å². The van der Waals surface area contributed by atoms with Gasteiger partial charge in [-0.05, 0) is 5.56 Å². The monoisotopic (exact) mass is 196 g/mol. The Bertz CT molecular complexity index is 310. The number of rotatable bonds is 1. The van der Waals surface area contributed by atoms with Crippen LogP contribution in [0.15, 0.2) is 30.3 Å². The van der Waals surface area contributed by atoms with Gasteiger partial charge in [0.05, 0.1) is 0 Å². The molecule has 0 aliphatic carbocycles. The quantitative estimate of drug-likeness (QED) is 0.509. The lowest BCUT2D eigenvalue weighted by atomic mass is 10.1. The lowest BCUT2D eigenvalue weighted by molar-refractivity contribution is -0.141. The summed E-state index contributed by atoms with van der Waals surface area (Å²) < 4.78 is 5.09. The molecule has 0 saturated carbocycles. The number of esters is 1. The highest BCUT2D eigenvalue weighted by Gasteiger charge is 2.33. The van der Waals surface area contributed by atoms with Gasteiger partial charge in [0.1, 0.15) is 11.5 Å². The van der Waals surface area contributed by atoms with Gasteiger partial charge in [-0.1, -0.05) is 30.3 Å². The van der Waals surface area contributed by atoms with Gasteiger partial charge in [-0.2, -0.15) is 0 Å². The molecule has 0 radical (unpaired) electrons. The van der Waals surface area contributed by atoms with Crippen LogP contribution < -0.4 is 0 Å². The molecule has 0 amide bonds. The minimum Gasteiger partial charge on any atom is -0.456 e. The number of halogens is 1. The van der Waals surface area contributed by atoms with Gasteiger partial charge >= 0.3 is 5.97 Å². The minimum atomic E-state index is -0.481. The third-order valence-corrected chi connectivity index (χ3v) is 2.46. The number of carbonyl (C=O) groups excluding carboxylic acids is 1. The first-order valence-corrected chi connectivity index (χ1v) is 4.60. The Morgan fingerprint density at radius 1 is 1.31 bits per heavy atom. The first kappa shape index (κ1) is 8.57. The SMILES string of the molecule is O=C1O[C@@H](c2ccccc2)C[C@@H]1Cl. The van der Waals surface area contributed by atoms with Gasteiger partial charge in [0, 0.05) is 6.42 Å². The van der Waals surface area contributed by atoms with Crippen molar-refractivity contribution in [2.24, 2.45) is 0 Å². The van der Waals surface area contributed by atoms with E-state index in [2.05, 4.69) is 0 Å². The summed E-state index contributed by atoms with van der Waals surface area (Å²) >= 11 is 5.73. The lowest BCUT2D eigenvalue weighted by Crippen LogP contribution is -2.04. The molecule has 0 aromatic heterocycles. The van der Waals surface area contributed by atoms with Crippen molar-refractivity contribution in [1.29, 1.82) is 0 Å². The summed E-state index contributed by atoms with van der Waals surface area (Å²) in [6.07, 6.45) is 0.418. The van der Waals surface area contributed by atoms with Crippen molar-refractivity contribution in [1.82, 2.24) is 0 Å². The summed E-state index contributed by atoms with van der Waals surface area (Å²) in [5.74, 6) is -0.310. The zero-order valence-electron chi connectivity index (χ0n) is 6.94. The van der Waals surface area contributed by atoms with Crippen LogP contribution >= 0.6 is 11.6 Å². The largest absolute Gasteiger partial charge is 0.456 e. The first-order valence-electron chi connectivity index (χ1n) is 4.17. The minimum absolute atomic E-state index is 0.156. The molecule has 3 heteroatoms. The normalized spacial score (nSPS) is 27.3. The van der Waals surface area contributed by atoms with Crippen molar-refractivity contribution in [2.45, 2.75) is 17.9 Å². The third kappa shape index (κ3) is 1.68. The van der Waals surface area contributed by atoms with Crippen LogP contribution in [0.4, 0.5) is 0 Å². The lowest BCUT2D eigenvalue weighted by Gasteiger charge is -2.07. The number of ether oxygens (including phenoxy) is 1. The van der Waals surface area contributed by atoms with Crippen LogP contribution in [0.3, 0.4) is 0 Å². The molecule has 1 saturated heterocycles. The maximum Gasteiger partial charge on any atom is 0.324 e. The number of carbonyl (C=O) groups is 1. The molecule has 68 valence electrons. The molecule has 2 atom stereocenters. The average molecular weight is 197 g/mol. The number of hydrogen-bond donors (Lipinski definition) is 0. The number of alkyl halides is 1. The van der Waals surface area contributed by atoms with E-state index >= 15 is 0 Å². The summed E-state index contributed by atoms with van der Waals surface area (Å²) in [6, 6.07) is 9.65. The van der Waals surface area contributed by atoms with Crippen molar-refractivity contribution >= 4 is 17.6 Å². The van der Waals surface area contributed by atoms with Crippen LogP contribution in [-0.4, -0.2) is 11.3 Å². The van der Waals surface area contributed by atoms with E-state index in [9.17, 15) is 4.79 Å². The Hall–Kier alpha value is -1.02. The van der Waals surface area contributed by atoms with Crippen molar-refractivity contribution < 1.29 is 9.53 Å². The molecule has 1 aromatic carbocycles. The van der Waals surface area contributed by atoms with Crippen LogP contribution in [0.5, 0.6) is 0 Å². The fourth-order valence-electron chi connectivity index (χ4n) is 1.42. The van der Waals surface area contributed by atoms with Crippen molar-refractivity contribution in [3.8, 4) is 0 Å². The van der Waals surface area contributed by atoms with Gasteiger partial charge in [-0.15, -0.1) is 11.6 Å². The van der Waals surface area contributed by atoms with Crippen molar-refractivity contribution in [2.75, 3.05) is 0 Å². The average Bonchev–Trinajstić information content (AvgIpc) is 2.49. The summed E-state index contributed by atoms with van der Waals surface area (Å²) in [4.78, 5) is 11.0. The van der Waals surface area contributed by atoms with Crippen molar-refractivity contribution in [3.05, 3.63) is 35.9 Å². The highest BCUT2D eigenvalue weighted by molar-refractivity contribution is 6.30. The maximum absolute atomic E-state index is 11.0. The van der Waals surface area contributed by atoms with Gasteiger partial charge in [0.25, 0.3) is 0 Å². The summed E-state index contributed by atoms with van der Waals surface area (Å²) in [6.45, 7) is 0.